The first kappa shape index (κ1) is 13.1. The Morgan fingerprint density at radius 3 is 2.56 bits per heavy atom. The van der Waals surface area contributed by atoms with Crippen LogP contribution >= 0.6 is 0 Å². The second-order valence-corrected chi connectivity index (χ2v) is 5.62. The van der Waals surface area contributed by atoms with Gasteiger partial charge in [0.15, 0.2) is 0 Å². The van der Waals surface area contributed by atoms with Gasteiger partial charge in [0.05, 0.1) is 0 Å². The normalized spacial score (nSPS) is 16.7. The van der Waals surface area contributed by atoms with Crippen LogP contribution in [0.25, 0.3) is 0 Å². The first-order valence-electron chi connectivity index (χ1n) is 6.89. The molecule has 0 aliphatic heterocycles. The van der Waals surface area contributed by atoms with E-state index in [-0.39, 0.29) is 0 Å². The molecule has 4 nitrogen and oxygen atoms in total. The van der Waals surface area contributed by atoms with E-state index in [0.29, 0.717) is 5.41 Å². The Hall–Kier alpha value is -1.32. The van der Waals surface area contributed by atoms with Crippen molar-refractivity contribution in [3.63, 3.8) is 0 Å². The van der Waals surface area contributed by atoms with Crippen LogP contribution in [0.2, 0.25) is 0 Å². The van der Waals surface area contributed by atoms with E-state index >= 15 is 0 Å². The van der Waals surface area contributed by atoms with Crippen LogP contribution < -0.4 is 10.6 Å². The number of nitrogens with one attached hydrogen (secondary N) is 2. The molecule has 2 rings (SSSR count). The van der Waals surface area contributed by atoms with Crippen molar-refractivity contribution in [1.29, 1.82) is 0 Å². The maximum atomic E-state index is 4.48. The Morgan fingerprint density at radius 2 is 2.00 bits per heavy atom. The summed E-state index contributed by atoms with van der Waals surface area (Å²) in [6.07, 6.45) is 2.67. The van der Waals surface area contributed by atoms with Gasteiger partial charge < -0.3 is 10.6 Å². The molecular formula is C14H24N4. The molecule has 0 bridgehead atoms. The molecule has 1 fully saturated rings. The largest absolute Gasteiger partial charge is 0.369 e. The zero-order valence-electron chi connectivity index (χ0n) is 11.9. The summed E-state index contributed by atoms with van der Waals surface area (Å²) in [5.41, 5.74) is 1.50. The molecule has 0 saturated heterocycles. The third-order valence-corrected chi connectivity index (χ3v) is 3.93. The van der Waals surface area contributed by atoms with Crippen LogP contribution in [0.4, 0.5) is 11.8 Å². The van der Waals surface area contributed by atoms with Gasteiger partial charge in [-0.3, -0.25) is 0 Å². The zero-order valence-corrected chi connectivity index (χ0v) is 11.9. The number of aromatic nitrogens is 2. The molecule has 1 heterocycles. The zero-order chi connectivity index (χ0) is 13.2. The van der Waals surface area contributed by atoms with E-state index in [0.717, 1.165) is 36.5 Å². The van der Waals surface area contributed by atoms with Crippen LogP contribution in [-0.4, -0.2) is 23.1 Å². The van der Waals surface area contributed by atoms with E-state index in [9.17, 15) is 0 Å². The van der Waals surface area contributed by atoms with Crippen LogP contribution in [-0.2, 0) is 0 Å². The average molecular weight is 248 g/mol. The number of hydrogen-bond donors (Lipinski definition) is 2. The molecule has 1 aromatic rings. The summed E-state index contributed by atoms with van der Waals surface area (Å²) >= 11 is 0. The Kier molecular flexibility index (Phi) is 3.73. The van der Waals surface area contributed by atoms with Crippen molar-refractivity contribution >= 4 is 11.8 Å². The molecule has 0 aromatic carbocycles. The summed E-state index contributed by atoms with van der Waals surface area (Å²) in [5, 5.41) is 6.64. The van der Waals surface area contributed by atoms with Crippen molar-refractivity contribution in [3.8, 4) is 0 Å². The molecule has 0 unspecified atom stereocenters. The summed E-state index contributed by atoms with van der Waals surface area (Å²) in [4.78, 5) is 8.84. The smallest absolute Gasteiger partial charge is 0.224 e. The minimum absolute atomic E-state index is 0.497. The molecule has 100 valence electrons. The Bertz CT molecular complexity index is 410. The molecule has 1 aliphatic carbocycles. The van der Waals surface area contributed by atoms with Gasteiger partial charge in [-0.2, -0.15) is 4.98 Å². The highest BCUT2D eigenvalue weighted by molar-refractivity contribution is 5.42. The first-order valence-corrected chi connectivity index (χ1v) is 6.89. The van der Waals surface area contributed by atoms with Crippen molar-refractivity contribution in [3.05, 3.63) is 11.8 Å². The van der Waals surface area contributed by atoms with Gasteiger partial charge in [0.2, 0.25) is 5.95 Å². The lowest BCUT2D eigenvalue weighted by molar-refractivity contribution is 0.380. The van der Waals surface area contributed by atoms with Gasteiger partial charge in [-0.05, 0) is 38.0 Å². The van der Waals surface area contributed by atoms with E-state index < -0.39 is 0 Å². The predicted octanol–water partition coefficient (Wildman–Crippen LogP) is 3.06. The maximum absolute atomic E-state index is 4.48. The maximum Gasteiger partial charge on any atom is 0.224 e. The topological polar surface area (TPSA) is 49.8 Å². The highest BCUT2D eigenvalue weighted by atomic mass is 15.1. The summed E-state index contributed by atoms with van der Waals surface area (Å²) < 4.78 is 0. The van der Waals surface area contributed by atoms with Gasteiger partial charge in [0.1, 0.15) is 5.82 Å². The fraction of sp³-hybridized carbons (Fsp3) is 0.714. The SMILES string of the molecule is CCNc1nc(C)cc(NCC2(C(C)C)CC2)n1. The van der Waals surface area contributed by atoms with E-state index in [1.54, 1.807) is 0 Å². The molecule has 1 saturated carbocycles. The Labute approximate surface area is 110 Å². The van der Waals surface area contributed by atoms with Crippen molar-refractivity contribution < 1.29 is 0 Å². The monoisotopic (exact) mass is 248 g/mol. The van der Waals surface area contributed by atoms with Gasteiger partial charge in [0.25, 0.3) is 0 Å². The van der Waals surface area contributed by atoms with Crippen molar-refractivity contribution in [1.82, 2.24) is 9.97 Å². The second kappa shape index (κ2) is 5.12. The third-order valence-electron chi connectivity index (χ3n) is 3.93. The summed E-state index contributed by atoms with van der Waals surface area (Å²) in [7, 11) is 0. The predicted molar refractivity (Wildman–Crippen MR) is 75.9 cm³/mol. The number of hydrogen-bond acceptors (Lipinski definition) is 4. The lowest BCUT2D eigenvalue weighted by atomic mass is 9.92. The lowest BCUT2D eigenvalue weighted by Crippen LogP contribution is -2.21. The summed E-state index contributed by atoms with van der Waals surface area (Å²) in [6, 6.07) is 2.01. The quantitative estimate of drug-likeness (QED) is 0.812. The van der Waals surface area contributed by atoms with Gasteiger partial charge in [-0.25, -0.2) is 4.98 Å². The molecule has 0 atom stereocenters. The minimum Gasteiger partial charge on any atom is -0.369 e. The fourth-order valence-corrected chi connectivity index (χ4v) is 2.28. The third kappa shape index (κ3) is 2.92. The molecule has 4 heteroatoms. The number of rotatable bonds is 6. The van der Waals surface area contributed by atoms with Crippen molar-refractivity contribution in [2.75, 3.05) is 23.7 Å². The lowest BCUT2D eigenvalue weighted by Gasteiger charge is -2.20. The molecule has 1 aliphatic rings. The molecule has 2 N–H and O–H groups in total. The second-order valence-electron chi connectivity index (χ2n) is 5.62. The van der Waals surface area contributed by atoms with Crippen LogP contribution in [0.5, 0.6) is 0 Å². The number of aryl methyl sites for hydroxylation is 1. The number of anilines is 2. The fourth-order valence-electron chi connectivity index (χ4n) is 2.28. The summed E-state index contributed by atoms with van der Waals surface area (Å²) in [6.45, 7) is 10.5. The van der Waals surface area contributed by atoms with Crippen LogP contribution in [0.3, 0.4) is 0 Å². The van der Waals surface area contributed by atoms with Crippen LogP contribution in [0.15, 0.2) is 6.07 Å². The molecule has 1 aromatic heterocycles. The molecular weight excluding hydrogens is 224 g/mol. The number of nitrogens with zero attached hydrogens (tertiary/aromatic N) is 2. The van der Waals surface area contributed by atoms with Crippen molar-refractivity contribution in [2.24, 2.45) is 11.3 Å². The van der Waals surface area contributed by atoms with Gasteiger partial charge >= 0.3 is 0 Å². The minimum atomic E-state index is 0.497. The van der Waals surface area contributed by atoms with Gasteiger partial charge in [-0.1, -0.05) is 13.8 Å². The van der Waals surface area contributed by atoms with Gasteiger partial charge in [-0.15, -0.1) is 0 Å². The van der Waals surface area contributed by atoms with E-state index in [1.165, 1.54) is 12.8 Å². The van der Waals surface area contributed by atoms with Crippen LogP contribution in [0, 0.1) is 18.3 Å². The Morgan fingerprint density at radius 1 is 1.28 bits per heavy atom. The summed E-state index contributed by atoms with van der Waals surface area (Å²) in [5.74, 6) is 2.39. The van der Waals surface area contributed by atoms with E-state index in [1.807, 2.05) is 13.0 Å². The molecule has 0 amide bonds. The first-order chi connectivity index (χ1) is 8.55. The highest BCUT2D eigenvalue weighted by Gasteiger charge is 2.44. The molecule has 18 heavy (non-hydrogen) atoms. The van der Waals surface area contributed by atoms with Crippen LogP contribution in [0.1, 0.15) is 39.3 Å². The Balaban J connectivity index is 2.01. The highest BCUT2D eigenvalue weighted by Crippen LogP contribution is 2.51. The standard InChI is InChI=1S/C14H24N4/c1-5-15-13-17-11(4)8-12(18-13)16-9-14(6-7-14)10(2)3/h8,10H,5-7,9H2,1-4H3,(H2,15,16,17,18). The van der Waals surface area contributed by atoms with E-state index in [2.05, 4.69) is 41.4 Å². The molecule has 0 spiro atoms. The van der Waals surface area contributed by atoms with E-state index in [4.69, 9.17) is 0 Å². The average Bonchev–Trinajstić information content (AvgIpc) is 3.07. The van der Waals surface area contributed by atoms with Crippen molar-refractivity contribution in [2.45, 2.75) is 40.5 Å². The van der Waals surface area contributed by atoms with Gasteiger partial charge in [0, 0.05) is 24.8 Å². The molecule has 0 radical (unpaired) electrons.